The minimum Gasteiger partial charge on any atom is -0.481 e. The van der Waals surface area contributed by atoms with Gasteiger partial charge in [0, 0.05) is 23.1 Å². The van der Waals surface area contributed by atoms with Gasteiger partial charge >= 0.3 is 5.97 Å². The van der Waals surface area contributed by atoms with Crippen molar-refractivity contribution in [1.82, 2.24) is 14.6 Å². The molecule has 0 aliphatic heterocycles. The maximum atomic E-state index is 12.4. The van der Waals surface area contributed by atoms with E-state index in [9.17, 15) is 9.59 Å². The standard InChI is InChI=1S/C14H13N3O3/c1-8-9(6-7-12(18)19)14(20)17-13(15-8)10-4-2-3-5-11(10)16-17/h2-5,16H,6-7H2,1H3,(H,18,19). The number of fused-ring (bicyclic) bond motifs is 3. The van der Waals surface area contributed by atoms with E-state index in [1.165, 1.54) is 4.52 Å². The van der Waals surface area contributed by atoms with Crippen LogP contribution in [0.15, 0.2) is 29.1 Å². The summed E-state index contributed by atoms with van der Waals surface area (Å²) in [6.07, 6.45) is 0.107. The number of H-pyrrole nitrogens is 1. The average Bonchev–Trinajstić information content (AvgIpc) is 2.77. The van der Waals surface area contributed by atoms with Crippen molar-refractivity contribution in [2.45, 2.75) is 19.8 Å². The van der Waals surface area contributed by atoms with Crippen molar-refractivity contribution in [3.05, 3.63) is 45.9 Å². The second-order valence-corrected chi connectivity index (χ2v) is 4.69. The molecular weight excluding hydrogens is 258 g/mol. The molecule has 0 aliphatic carbocycles. The van der Waals surface area contributed by atoms with E-state index in [0.717, 1.165) is 10.9 Å². The largest absolute Gasteiger partial charge is 0.481 e. The number of aryl methyl sites for hydroxylation is 1. The summed E-state index contributed by atoms with van der Waals surface area (Å²) in [5.41, 5.74) is 2.19. The van der Waals surface area contributed by atoms with Crippen LogP contribution in [0.4, 0.5) is 0 Å². The molecule has 0 atom stereocenters. The molecular formula is C14H13N3O3. The number of nitrogens with zero attached hydrogens (tertiary/aromatic N) is 2. The van der Waals surface area contributed by atoms with Crippen molar-refractivity contribution in [2.24, 2.45) is 0 Å². The summed E-state index contributed by atoms with van der Waals surface area (Å²) < 4.78 is 1.38. The van der Waals surface area contributed by atoms with E-state index >= 15 is 0 Å². The summed E-state index contributed by atoms with van der Waals surface area (Å²) >= 11 is 0. The lowest BCUT2D eigenvalue weighted by atomic mass is 10.1. The highest BCUT2D eigenvalue weighted by Crippen LogP contribution is 2.17. The van der Waals surface area contributed by atoms with Gasteiger partial charge in [-0.3, -0.25) is 14.7 Å². The van der Waals surface area contributed by atoms with Crippen molar-refractivity contribution in [1.29, 1.82) is 0 Å². The van der Waals surface area contributed by atoms with Gasteiger partial charge in [0.15, 0.2) is 5.65 Å². The van der Waals surface area contributed by atoms with Gasteiger partial charge in [-0.2, -0.15) is 0 Å². The first-order valence-electron chi connectivity index (χ1n) is 6.28. The molecule has 0 unspecified atom stereocenters. The Balaban J connectivity index is 2.27. The molecule has 0 amide bonds. The fourth-order valence-corrected chi connectivity index (χ4v) is 2.36. The minimum absolute atomic E-state index is 0.0793. The lowest BCUT2D eigenvalue weighted by molar-refractivity contribution is -0.136. The van der Waals surface area contributed by atoms with Crippen LogP contribution in [-0.2, 0) is 11.2 Å². The van der Waals surface area contributed by atoms with E-state index in [2.05, 4.69) is 10.1 Å². The molecule has 2 N–H and O–H groups in total. The SMILES string of the molecule is Cc1nc2c3ccccc3[nH]n2c(=O)c1CCC(=O)O. The monoisotopic (exact) mass is 271 g/mol. The van der Waals surface area contributed by atoms with Gasteiger partial charge in [-0.1, -0.05) is 12.1 Å². The van der Waals surface area contributed by atoms with E-state index in [-0.39, 0.29) is 18.4 Å². The highest BCUT2D eigenvalue weighted by Gasteiger charge is 2.14. The molecule has 0 aliphatic rings. The maximum Gasteiger partial charge on any atom is 0.303 e. The quantitative estimate of drug-likeness (QED) is 0.755. The van der Waals surface area contributed by atoms with E-state index in [1.54, 1.807) is 6.92 Å². The first-order valence-corrected chi connectivity index (χ1v) is 6.28. The molecule has 0 spiro atoms. The fourth-order valence-electron chi connectivity index (χ4n) is 2.36. The van der Waals surface area contributed by atoms with Gasteiger partial charge in [0.05, 0.1) is 5.52 Å². The van der Waals surface area contributed by atoms with Crippen molar-refractivity contribution < 1.29 is 9.90 Å². The average molecular weight is 271 g/mol. The van der Waals surface area contributed by atoms with Gasteiger partial charge in [-0.25, -0.2) is 9.50 Å². The maximum absolute atomic E-state index is 12.4. The number of carbonyl (C=O) groups is 1. The van der Waals surface area contributed by atoms with Crippen molar-refractivity contribution in [3.8, 4) is 0 Å². The molecule has 3 rings (SSSR count). The van der Waals surface area contributed by atoms with E-state index < -0.39 is 5.97 Å². The van der Waals surface area contributed by atoms with Gasteiger partial charge in [0.25, 0.3) is 5.56 Å². The predicted molar refractivity (Wildman–Crippen MR) is 74.0 cm³/mol. The smallest absolute Gasteiger partial charge is 0.303 e. The molecule has 1 aromatic carbocycles. The van der Waals surface area contributed by atoms with E-state index in [1.807, 2.05) is 24.3 Å². The van der Waals surface area contributed by atoms with Gasteiger partial charge < -0.3 is 5.11 Å². The highest BCUT2D eigenvalue weighted by atomic mass is 16.4. The Labute approximate surface area is 113 Å². The normalized spacial score (nSPS) is 11.2. The summed E-state index contributed by atoms with van der Waals surface area (Å²) in [5.74, 6) is -0.925. The fraction of sp³-hybridized carbons (Fsp3) is 0.214. The number of rotatable bonds is 3. The lowest BCUT2D eigenvalue weighted by Gasteiger charge is -2.03. The Hall–Kier alpha value is -2.63. The molecule has 2 aromatic heterocycles. The van der Waals surface area contributed by atoms with Crippen LogP contribution in [0.5, 0.6) is 0 Å². The molecule has 6 heteroatoms. The summed E-state index contributed by atoms with van der Waals surface area (Å²) in [6, 6.07) is 7.52. The van der Waals surface area contributed by atoms with Crippen LogP contribution in [0.3, 0.4) is 0 Å². The Morgan fingerprint density at radius 1 is 1.40 bits per heavy atom. The lowest BCUT2D eigenvalue weighted by Crippen LogP contribution is -2.22. The molecule has 0 saturated heterocycles. The zero-order chi connectivity index (χ0) is 14.3. The van der Waals surface area contributed by atoms with Gasteiger partial charge in [0.2, 0.25) is 0 Å². The van der Waals surface area contributed by atoms with Crippen LogP contribution in [0.2, 0.25) is 0 Å². The number of aromatic nitrogens is 3. The molecule has 20 heavy (non-hydrogen) atoms. The van der Waals surface area contributed by atoms with E-state index in [0.29, 0.717) is 16.9 Å². The van der Waals surface area contributed by atoms with Crippen LogP contribution in [0.25, 0.3) is 16.6 Å². The van der Waals surface area contributed by atoms with Gasteiger partial charge in [0.1, 0.15) is 0 Å². The number of aromatic amines is 1. The topological polar surface area (TPSA) is 87.5 Å². The molecule has 6 nitrogen and oxygen atoms in total. The number of hydrogen-bond acceptors (Lipinski definition) is 3. The second-order valence-electron chi connectivity index (χ2n) is 4.69. The summed E-state index contributed by atoms with van der Waals surface area (Å²) in [5, 5.41) is 12.6. The Kier molecular flexibility index (Phi) is 2.78. The number of aliphatic carboxylic acids is 1. The summed E-state index contributed by atoms with van der Waals surface area (Å²) in [7, 11) is 0. The third-order valence-electron chi connectivity index (χ3n) is 3.37. The summed E-state index contributed by atoms with van der Waals surface area (Å²) in [6.45, 7) is 1.74. The Morgan fingerprint density at radius 2 is 2.15 bits per heavy atom. The zero-order valence-corrected chi connectivity index (χ0v) is 10.9. The molecule has 0 saturated carbocycles. The van der Waals surface area contributed by atoms with Gasteiger partial charge in [-0.05, 0) is 25.5 Å². The first kappa shape index (κ1) is 12.4. The molecule has 2 heterocycles. The van der Waals surface area contributed by atoms with Crippen molar-refractivity contribution >= 4 is 22.5 Å². The molecule has 0 radical (unpaired) electrons. The highest BCUT2D eigenvalue weighted by molar-refractivity contribution is 5.91. The van der Waals surface area contributed by atoms with E-state index in [4.69, 9.17) is 5.11 Å². The third kappa shape index (κ3) is 1.85. The predicted octanol–water partition coefficient (Wildman–Crippen LogP) is 1.50. The van der Waals surface area contributed by atoms with Crippen LogP contribution < -0.4 is 5.56 Å². The minimum atomic E-state index is -0.925. The van der Waals surface area contributed by atoms with Crippen LogP contribution >= 0.6 is 0 Å². The molecule has 0 bridgehead atoms. The Bertz CT molecular complexity index is 876. The number of benzene rings is 1. The number of hydrogen-bond donors (Lipinski definition) is 2. The third-order valence-corrected chi connectivity index (χ3v) is 3.37. The zero-order valence-electron chi connectivity index (χ0n) is 10.9. The first-order chi connectivity index (χ1) is 9.58. The Morgan fingerprint density at radius 3 is 2.90 bits per heavy atom. The number of nitrogens with one attached hydrogen (secondary N) is 1. The van der Waals surface area contributed by atoms with Crippen LogP contribution in [-0.4, -0.2) is 25.7 Å². The number of para-hydroxylation sites is 1. The molecule has 3 aromatic rings. The number of carboxylic acid groups (broad SMARTS) is 1. The second kappa shape index (κ2) is 4.48. The van der Waals surface area contributed by atoms with Crippen molar-refractivity contribution in [2.75, 3.05) is 0 Å². The van der Waals surface area contributed by atoms with Gasteiger partial charge in [-0.15, -0.1) is 0 Å². The molecule has 0 fully saturated rings. The van der Waals surface area contributed by atoms with Crippen LogP contribution in [0, 0.1) is 6.92 Å². The van der Waals surface area contributed by atoms with Crippen molar-refractivity contribution in [3.63, 3.8) is 0 Å². The van der Waals surface area contributed by atoms with Crippen LogP contribution in [0.1, 0.15) is 17.7 Å². The summed E-state index contributed by atoms with van der Waals surface area (Å²) in [4.78, 5) is 27.5. The number of carboxylic acids is 1. The molecule has 102 valence electrons.